The molecule has 0 aromatic carbocycles. The number of nitrogens with two attached hydrogens (primary N) is 1. The van der Waals surface area contributed by atoms with Crippen molar-refractivity contribution in [2.45, 2.75) is 6.10 Å². The maximum atomic E-state index is 10.6. The fourth-order valence-electron chi connectivity index (χ4n) is 2.10. The van der Waals surface area contributed by atoms with E-state index in [0.717, 1.165) is 5.39 Å². The van der Waals surface area contributed by atoms with Crippen molar-refractivity contribution < 1.29 is 14.6 Å². The number of nitrogens with zero attached hydrogens (tertiary/aromatic N) is 2. The van der Waals surface area contributed by atoms with E-state index in [4.69, 9.17) is 5.73 Å². The van der Waals surface area contributed by atoms with E-state index in [1.54, 1.807) is 24.5 Å². The van der Waals surface area contributed by atoms with E-state index in [1.165, 1.54) is 12.3 Å². The van der Waals surface area contributed by atoms with Crippen LogP contribution in [0.15, 0.2) is 42.9 Å². The fourth-order valence-corrected chi connectivity index (χ4v) is 2.10. The average Bonchev–Trinajstić information content (AvgIpc) is 2.90. The van der Waals surface area contributed by atoms with Gasteiger partial charge >= 0.3 is 6.09 Å². The molecule has 1 amide bonds. The molecule has 0 fully saturated rings. The summed E-state index contributed by atoms with van der Waals surface area (Å²) in [5.41, 5.74) is 6.87. The molecule has 7 heteroatoms. The number of H-pyrrole nitrogens is 1. The molecule has 0 radical (unpaired) electrons. The number of rotatable bonds is 3. The summed E-state index contributed by atoms with van der Waals surface area (Å²) in [6.07, 6.45) is 3.01. The molecule has 1 unspecified atom stereocenters. The topological polar surface area (TPSA) is 114 Å². The van der Waals surface area contributed by atoms with Crippen molar-refractivity contribution in [3.05, 3.63) is 54.0 Å². The molecule has 4 N–H and O–H groups in total. The normalized spacial score (nSPS) is 12.2. The third-order valence-electron chi connectivity index (χ3n) is 3.06. The van der Waals surface area contributed by atoms with Crippen LogP contribution in [0.3, 0.4) is 0 Å². The fraction of sp³-hybridized carbons (Fsp3) is 0.0714. The zero-order valence-corrected chi connectivity index (χ0v) is 10.9. The Morgan fingerprint density at radius 1 is 1.33 bits per heavy atom. The number of ether oxygens (including phenoxy) is 1. The number of hydrogen-bond donors (Lipinski definition) is 3. The van der Waals surface area contributed by atoms with E-state index in [2.05, 4.69) is 19.7 Å². The van der Waals surface area contributed by atoms with Gasteiger partial charge in [0.2, 0.25) is 5.88 Å². The molecule has 0 aliphatic carbocycles. The number of aliphatic hydroxyl groups excluding tert-OH is 1. The number of fused-ring (bicyclic) bond motifs is 1. The lowest BCUT2D eigenvalue weighted by molar-refractivity contribution is 0.208. The molecule has 3 rings (SSSR count). The van der Waals surface area contributed by atoms with E-state index in [9.17, 15) is 9.90 Å². The molecule has 3 aromatic heterocycles. The van der Waals surface area contributed by atoms with Crippen LogP contribution in [0.4, 0.5) is 4.79 Å². The zero-order chi connectivity index (χ0) is 14.8. The monoisotopic (exact) mass is 284 g/mol. The van der Waals surface area contributed by atoms with Gasteiger partial charge in [-0.15, -0.1) is 0 Å². The highest BCUT2D eigenvalue weighted by molar-refractivity contribution is 5.80. The van der Waals surface area contributed by atoms with Gasteiger partial charge < -0.3 is 20.6 Å². The highest BCUT2D eigenvalue weighted by Crippen LogP contribution is 2.28. The summed E-state index contributed by atoms with van der Waals surface area (Å²) in [6, 6.07) is 6.76. The largest absolute Gasteiger partial charge is 0.411 e. The quantitative estimate of drug-likeness (QED) is 0.674. The average molecular weight is 284 g/mol. The molecule has 3 aromatic rings. The Labute approximate surface area is 119 Å². The number of carbonyl (C=O) groups is 1. The van der Waals surface area contributed by atoms with Crippen LogP contribution in [-0.4, -0.2) is 26.2 Å². The predicted octanol–water partition coefficient (Wildman–Crippen LogP) is 1.50. The first-order chi connectivity index (χ1) is 10.1. The second-order valence-corrected chi connectivity index (χ2v) is 4.40. The molecule has 0 aliphatic rings. The number of primary amides is 1. The molecule has 106 valence electrons. The summed E-state index contributed by atoms with van der Waals surface area (Å²) < 4.78 is 4.64. The number of amides is 1. The van der Waals surface area contributed by atoms with Crippen molar-refractivity contribution >= 4 is 17.1 Å². The molecule has 7 nitrogen and oxygen atoms in total. The maximum absolute atomic E-state index is 10.6. The van der Waals surface area contributed by atoms with Crippen LogP contribution in [-0.2, 0) is 0 Å². The highest BCUT2D eigenvalue weighted by Gasteiger charge is 2.16. The van der Waals surface area contributed by atoms with Crippen molar-refractivity contribution in [3.8, 4) is 5.88 Å². The molecular formula is C14H12N4O3. The van der Waals surface area contributed by atoms with E-state index < -0.39 is 12.2 Å². The van der Waals surface area contributed by atoms with Gasteiger partial charge in [-0.1, -0.05) is 0 Å². The number of aliphatic hydroxyl groups is 1. The van der Waals surface area contributed by atoms with Gasteiger partial charge in [0.15, 0.2) is 0 Å². The minimum Gasteiger partial charge on any atom is -0.391 e. The lowest BCUT2D eigenvalue weighted by Crippen LogP contribution is -2.16. The molecule has 21 heavy (non-hydrogen) atoms. The summed E-state index contributed by atoms with van der Waals surface area (Å²) in [4.78, 5) is 21.7. The van der Waals surface area contributed by atoms with Crippen LogP contribution in [0, 0.1) is 0 Å². The Kier molecular flexibility index (Phi) is 3.25. The Hall–Kier alpha value is -2.93. The molecule has 3 heterocycles. The lowest BCUT2D eigenvalue weighted by atomic mass is 10.0. The van der Waals surface area contributed by atoms with Crippen LogP contribution in [0.25, 0.3) is 11.0 Å². The number of hydrogen-bond acceptors (Lipinski definition) is 5. The Morgan fingerprint density at radius 2 is 2.19 bits per heavy atom. The van der Waals surface area contributed by atoms with Crippen LogP contribution in [0.5, 0.6) is 5.88 Å². The smallest absolute Gasteiger partial charge is 0.391 e. The summed E-state index contributed by atoms with van der Waals surface area (Å²) in [5.74, 6) is 0.0824. The van der Waals surface area contributed by atoms with E-state index in [1.807, 2.05) is 6.07 Å². The lowest BCUT2D eigenvalue weighted by Gasteiger charge is -2.10. The number of aromatic nitrogens is 3. The summed E-state index contributed by atoms with van der Waals surface area (Å²) >= 11 is 0. The Morgan fingerprint density at radius 3 is 2.90 bits per heavy atom. The van der Waals surface area contributed by atoms with Crippen molar-refractivity contribution in [1.29, 1.82) is 0 Å². The van der Waals surface area contributed by atoms with Gasteiger partial charge in [-0.25, -0.2) is 14.8 Å². The van der Waals surface area contributed by atoms with Crippen LogP contribution < -0.4 is 10.5 Å². The number of pyridine rings is 2. The second-order valence-electron chi connectivity index (χ2n) is 4.40. The molecule has 0 saturated carbocycles. The van der Waals surface area contributed by atoms with Gasteiger partial charge in [-0.2, -0.15) is 0 Å². The van der Waals surface area contributed by atoms with E-state index >= 15 is 0 Å². The summed E-state index contributed by atoms with van der Waals surface area (Å²) in [7, 11) is 0. The van der Waals surface area contributed by atoms with Crippen molar-refractivity contribution in [2.75, 3.05) is 0 Å². The SMILES string of the molecule is NC(=O)Oc1ccc(C(O)c2c[nH]c3ncccc23)cn1. The van der Waals surface area contributed by atoms with E-state index in [-0.39, 0.29) is 5.88 Å². The summed E-state index contributed by atoms with van der Waals surface area (Å²) in [6.45, 7) is 0. The first-order valence-corrected chi connectivity index (χ1v) is 6.18. The van der Waals surface area contributed by atoms with Crippen molar-refractivity contribution in [1.82, 2.24) is 15.0 Å². The number of nitrogens with one attached hydrogen (secondary N) is 1. The first-order valence-electron chi connectivity index (χ1n) is 6.18. The molecule has 1 atom stereocenters. The molecular weight excluding hydrogens is 272 g/mol. The van der Waals surface area contributed by atoms with Crippen molar-refractivity contribution in [2.24, 2.45) is 5.73 Å². The van der Waals surface area contributed by atoms with Crippen molar-refractivity contribution in [3.63, 3.8) is 0 Å². The minimum absolute atomic E-state index is 0.0824. The van der Waals surface area contributed by atoms with Gasteiger partial charge in [-0.3, -0.25) is 0 Å². The Bertz CT molecular complexity index is 782. The minimum atomic E-state index is -0.932. The van der Waals surface area contributed by atoms with Gasteiger partial charge in [0, 0.05) is 41.2 Å². The van der Waals surface area contributed by atoms with Crippen LogP contribution in [0.1, 0.15) is 17.2 Å². The van der Waals surface area contributed by atoms with Crippen LogP contribution in [0.2, 0.25) is 0 Å². The standard InChI is InChI=1S/C14H12N4O3/c15-14(20)21-11-4-3-8(6-17-11)12(19)10-7-18-13-9(10)2-1-5-16-13/h1-7,12,19H,(H2,15,20)(H,16,18). The second kappa shape index (κ2) is 5.22. The highest BCUT2D eigenvalue weighted by atomic mass is 16.6. The van der Waals surface area contributed by atoms with Gasteiger partial charge in [0.05, 0.1) is 0 Å². The van der Waals surface area contributed by atoms with Gasteiger partial charge in [-0.05, 0) is 18.2 Å². The summed E-state index contributed by atoms with van der Waals surface area (Å²) in [5, 5.41) is 11.3. The van der Waals surface area contributed by atoms with Crippen LogP contribution >= 0.6 is 0 Å². The van der Waals surface area contributed by atoms with Gasteiger partial charge in [0.25, 0.3) is 0 Å². The molecule has 0 spiro atoms. The third kappa shape index (κ3) is 2.54. The number of aromatic amines is 1. The number of carbonyl (C=O) groups excluding carboxylic acids is 1. The van der Waals surface area contributed by atoms with Gasteiger partial charge in [0.1, 0.15) is 11.8 Å². The maximum Gasteiger partial charge on any atom is 0.411 e. The van der Waals surface area contributed by atoms with E-state index in [0.29, 0.717) is 16.8 Å². The molecule has 0 aliphatic heterocycles. The molecule has 0 bridgehead atoms. The molecule has 0 saturated heterocycles. The first kappa shape index (κ1) is 13.1. The Balaban J connectivity index is 1.91. The zero-order valence-electron chi connectivity index (χ0n) is 10.9. The predicted molar refractivity (Wildman–Crippen MR) is 74.6 cm³/mol. The third-order valence-corrected chi connectivity index (χ3v) is 3.06.